The van der Waals surface area contributed by atoms with Crippen LogP contribution in [0.15, 0.2) is 29.3 Å². The monoisotopic (exact) mass is 226 g/mol. The van der Waals surface area contributed by atoms with Crippen molar-refractivity contribution in [3.63, 3.8) is 0 Å². The maximum Gasteiger partial charge on any atom is 0.337 e. The molecular weight excluding hydrogens is 216 g/mol. The van der Waals surface area contributed by atoms with Crippen LogP contribution in [0, 0.1) is 0 Å². The van der Waals surface area contributed by atoms with Crippen LogP contribution in [0.5, 0.6) is 0 Å². The van der Waals surface area contributed by atoms with Crippen LogP contribution in [-0.2, 0) is 4.74 Å². The minimum Gasteiger partial charge on any atom is -0.465 e. The number of esters is 1. The molecule has 1 rings (SSSR count). The number of nitrogens with zero attached hydrogens (tertiary/aromatic N) is 1. The van der Waals surface area contributed by atoms with E-state index < -0.39 is 0 Å². The van der Waals surface area contributed by atoms with E-state index in [4.69, 9.17) is 17.3 Å². The number of benzene rings is 1. The second-order valence-electron chi connectivity index (χ2n) is 2.78. The molecule has 0 bridgehead atoms. The van der Waals surface area contributed by atoms with Crippen molar-refractivity contribution in [2.45, 2.75) is 0 Å². The summed E-state index contributed by atoms with van der Waals surface area (Å²) in [5, 5.41) is 0. The number of ether oxygens (including phenoxy) is 1. The van der Waals surface area contributed by atoms with Crippen molar-refractivity contribution < 1.29 is 9.53 Å². The zero-order chi connectivity index (χ0) is 11.3. The first-order chi connectivity index (χ1) is 7.17. The minimum absolute atomic E-state index is 0.179. The van der Waals surface area contributed by atoms with Gasteiger partial charge >= 0.3 is 5.97 Å². The molecular formula is C10H11ClN2O2. The Balaban J connectivity index is 2.86. The van der Waals surface area contributed by atoms with Crippen molar-refractivity contribution >= 4 is 29.1 Å². The molecule has 0 saturated carbocycles. The van der Waals surface area contributed by atoms with Crippen LogP contribution in [0.1, 0.15) is 10.4 Å². The van der Waals surface area contributed by atoms with Gasteiger partial charge in [0.25, 0.3) is 0 Å². The number of amidine groups is 1. The highest BCUT2D eigenvalue weighted by Gasteiger charge is 2.03. The predicted molar refractivity (Wildman–Crippen MR) is 59.8 cm³/mol. The Labute approximate surface area is 92.7 Å². The average Bonchev–Trinajstić information content (AvgIpc) is 2.29. The van der Waals surface area contributed by atoms with Crippen molar-refractivity contribution in [3.8, 4) is 0 Å². The topological polar surface area (TPSA) is 64.7 Å². The van der Waals surface area contributed by atoms with Crippen LogP contribution >= 0.6 is 11.6 Å². The molecule has 0 aromatic heterocycles. The quantitative estimate of drug-likeness (QED) is 0.369. The Hall–Kier alpha value is -1.55. The number of rotatable bonds is 3. The lowest BCUT2D eigenvalue weighted by molar-refractivity contribution is 0.0601. The summed E-state index contributed by atoms with van der Waals surface area (Å²) in [5.74, 6) is 0.136. The number of carbonyl (C=O) groups is 1. The summed E-state index contributed by atoms with van der Waals surface area (Å²) in [7, 11) is 1.33. The Morgan fingerprint density at radius 2 is 2.07 bits per heavy atom. The molecule has 0 aliphatic rings. The molecule has 1 aromatic rings. The zero-order valence-electron chi connectivity index (χ0n) is 8.24. The normalized spacial score (nSPS) is 11.2. The molecule has 0 amide bonds. The molecule has 5 heteroatoms. The number of aliphatic imine (C=N–C) groups is 1. The Morgan fingerprint density at radius 1 is 1.47 bits per heavy atom. The highest BCUT2D eigenvalue weighted by molar-refractivity contribution is 6.28. The van der Waals surface area contributed by atoms with Gasteiger partial charge in [0, 0.05) is 0 Å². The van der Waals surface area contributed by atoms with Crippen molar-refractivity contribution in [1.29, 1.82) is 0 Å². The molecule has 0 aliphatic carbocycles. The Kier molecular flexibility index (Phi) is 4.12. The average molecular weight is 227 g/mol. The van der Waals surface area contributed by atoms with E-state index in [9.17, 15) is 4.79 Å². The lowest BCUT2D eigenvalue weighted by Crippen LogP contribution is -2.12. The molecule has 2 N–H and O–H groups in total. The van der Waals surface area contributed by atoms with E-state index in [0.717, 1.165) is 0 Å². The summed E-state index contributed by atoms with van der Waals surface area (Å²) in [4.78, 5) is 15.1. The third kappa shape index (κ3) is 3.25. The van der Waals surface area contributed by atoms with E-state index in [1.165, 1.54) is 7.11 Å². The van der Waals surface area contributed by atoms with Gasteiger partial charge in [-0.05, 0) is 24.3 Å². The molecule has 0 unspecified atom stereocenters. The molecule has 0 saturated heterocycles. The van der Waals surface area contributed by atoms with Gasteiger partial charge in [0.15, 0.2) is 0 Å². The fourth-order valence-corrected chi connectivity index (χ4v) is 1.05. The smallest absolute Gasteiger partial charge is 0.337 e. The molecule has 0 radical (unpaired) electrons. The van der Waals surface area contributed by atoms with Gasteiger partial charge in [-0.1, -0.05) is 0 Å². The van der Waals surface area contributed by atoms with E-state index >= 15 is 0 Å². The van der Waals surface area contributed by atoms with Gasteiger partial charge in [-0.25, -0.2) is 9.79 Å². The Bertz CT molecular complexity index is 374. The van der Waals surface area contributed by atoms with E-state index in [-0.39, 0.29) is 11.8 Å². The van der Waals surface area contributed by atoms with E-state index in [1.807, 2.05) is 0 Å². The first-order valence-electron chi connectivity index (χ1n) is 4.24. The van der Waals surface area contributed by atoms with Crippen LogP contribution in [0.25, 0.3) is 0 Å². The van der Waals surface area contributed by atoms with Gasteiger partial charge in [0.05, 0.1) is 24.2 Å². The van der Waals surface area contributed by atoms with Crippen molar-refractivity contribution in [2.75, 3.05) is 13.0 Å². The van der Waals surface area contributed by atoms with Crippen LogP contribution in [0.2, 0.25) is 0 Å². The first kappa shape index (κ1) is 11.5. The molecule has 0 fully saturated rings. The lowest BCUT2D eigenvalue weighted by Gasteiger charge is -1.99. The Morgan fingerprint density at radius 3 is 2.53 bits per heavy atom. The van der Waals surface area contributed by atoms with Gasteiger partial charge in [-0.3, -0.25) is 0 Å². The van der Waals surface area contributed by atoms with Crippen LogP contribution in [0.4, 0.5) is 5.69 Å². The molecule has 80 valence electrons. The molecule has 4 nitrogen and oxygen atoms in total. The molecule has 0 heterocycles. The second kappa shape index (κ2) is 5.36. The van der Waals surface area contributed by atoms with E-state index in [0.29, 0.717) is 17.1 Å². The molecule has 15 heavy (non-hydrogen) atoms. The number of alkyl halides is 1. The zero-order valence-corrected chi connectivity index (χ0v) is 8.99. The summed E-state index contributed by atoms with van der Waals surface area (Å²) in [6, 6.07) is 6.58. The molecule has 1 aromatic carbocycles. The summed E-state index contributed by atoms with van der Waals surface area (Å²) in [6.07, 6.45) is 0. The van der Waals surface area contributed by atoms with Crippen molar-refractivity contribution in [1.82, 2.24) is 0 Å². The SMILES string of the molecule is COC(=O)c1ccc(N=C(N)CCl)cc1. The van der Waals surface area contributed by atoms with Gasteiger partial charge in [-0.2, -0.15) is 0 Å². The van der Waals surface area contributed by atoms with E-state index in [2.05, 4.69) is 9.73 Å². The lowest BCUT2D eigenvalue weighted by atomic mass is 10.2. The summed E-state index contributed by atoms with van der Waals surface area (Å²) in [5.41, 5.74) is 6.58. The highest BCUT2D eigenvalue weighted by Crippen LogP contribution is 2.13. The first-order valence-corrected chi connectivity index (χ1v) is 4.78. The molecule has 0 aliphatic heterocycles. The van der Waals surface area contributed by atoms with Gasteiger partial charge in [0.1, 0.15) is 5.84 Å². The maximum absolute atomic E-state index is 11.1. The minimum atomic E-state index is -0.379. The molecule has 0 atom stereocenters. The number of carbonyl (C=O) groups excluding carboxylic acids is 1. The van der Waals surface area contributed by atoms with E-state index in [1.54, 1.807) is 24.3 Å². The van der Waals surface area contributed by atoms with Gasteiger partial charge in [-0.15, -0.1) is 11.6 Å². The van der Waals surface area contributed by atoms with Crippen LogP contribution in [-0.4, -0.2) is 24.8 Å². The van der Waals surface area contributed by atoms with Crippen LogP contribution in [0.3, 0.4) is 0 Å². The highest BCUT2D eigenvalue weighted by atomic mass is 35.5. The fourth-order valence-electron chi connectivity index (χ4n) is 0.986. The number of hydrogen-bond acceptors (Lipinski definition) is 3. The van der Waals surface area contributed by atoms with Gasteiger partial charge < -0.3 is 10.5 Å². The number of halogens is 1. The summed E-state index contributed by atoms with van der Waals surface area (Å²) < 4.78 is 4.56. The number of methoxy groups -OCH3 is 1. The predicted octanol–water partition coefficient (Wildman–Crippen LogP) is 1.70. The third-order valence-corrected chi connectivity index (χ3v) is 1.97. The standard InChI is InChI=1S/C10H11ClN2O2/c1-15-10(14)7-2-4-8(5-3-7)13-9(12)6-11/h2-5H,6H2,1H3,(H2,12,13). The largest absolute Gasteiger partial charge is 0.465 e. The molecule has 0 spiro atoms. The fraction of sp³-hybridized carbons (Fsp3) is 0.200. The number of nitrogens with two attached hydrogens (primary N) is 1. The van der Waals surface area contributed by atoms with Crippen molar-refractivity contribution in [2.24, 2.45) is 10.7 Å². The third-order valence-electron chi connectivity index (χ3n) is 1.70. The van der Waals surface area contributed by atoms with Crippen LogP contribution < -0.4 is 5.73 Å². The second-order valence-corrected chi connectivity index (χ2v) is 3.04. The summed E-state index contributed by atoms with van der Waals surface area (Å²) >= 11 is 5.48. The van der Waals surface area contributed by atoms with Crippen molar-refractivity contribution in [3.05, 3.63) is 29.8 Å². The summed E-state index contributed by atoms with van der Waals surface area (Å²) in [6.45, 7) is 0. The maximum atomic E-state index is 11.1. The van der Waals surface area contributed by atoms with Gasteiger partial charge in [0.2, 0.25) is 0 Å². The number of hydrogen-bond donors (Lipinski definition) is 1.